The number of ether oxygens (including phenoxy) is 1. The Balaban J connectivity index is 1.44. The molecule has 0 radical (unpaired) electrons. The third kappa shape index (κ3) is 4.33. The highest BCUT2D eigenvalue weighted by Crippen LogP contribution is 2.27. The minimum absolute atomic E-state index is 0.0937. The second-order valence-corrected chi connectivity index (χ2v) is 7.35. The largest absolute Gasteiger partial charge is 0.504 e. The molecule has 9 nitrogen and oxygen atoms in total. The highest BCUT2D eigenvalue weighted by Gasteiger charge is 2.15. The molecule has 2 aromatic carbocycles. The Morgan fingerprint density at radius 2 is 1.76 bits per heavy atom. The summed E-state index contributed by atoms with van der Waals surface area (Å²) in [6.45, 7) is 3.17. The van der Waals surface area contributed by atoms with Crippen LogP contribution in [0.1, 0.15) is 10.4 Å². The number of phenolic OH excluding ortho intramolecular Hbond substituents is 2. The van der Waals surface area contributed by atoms with Crippen LogP contribution in [0.2, 0.25) is 0 Å². The molecule has 1 aliphatic heterocycles. The summed E-state index contributed by atoms with van der Waals surface area (Å²) in [6, 6.07) is 11.9. The quantitative estimate of drug-likeness (QED) is 0.355. The molecular formula is C19H19N5O4S. The smallest absolute Gasteiger partial charge is 0.214 e. The van der Waals surface area contributed by atoms with E-state index in [1.165, 1.54) is 30.0 Å². The van der Waals surface area contributed by atoms with E-state index < -0.39 is 0 Å². The fraction of sp³-hybridized carbons (Fsp3) is 0.263. The number of ketones is 1. The average molecular weight is 413 g/mol. The molecule has 3 aromatic rings. The van der Waals surface area contributed by atoms with E-state index in [4.69, 9.17) is 4.74 Å². The number of aromatic nitrogens is 4. The molecule has 0 unspecified atom stereocenters. The molecule has 0 bridgehead atoms. The minimum Gasteiger partial charge on any atom is -0.504 e. The minimum atomic E-state index is -0.328. The first-order valence-electron chi connectivity index (χ1n) is 9.01. The molecular weight excluding hydrogens is 394 g/mol. The van der Waals surface area contributed by atoms with E-state index in [2.05, 4.69) is 20.4 Å². The van der Waals surface area contributed by atoms with Gasteiger partial charge in [0.15, 0.2) is 17.3 Å². The van der Waals surface area contributed by atoms with Crippen LogP contribution in [-0.2, 0) is 4.74 Å². The molecule has 2 heterocycles. The van der Waals surface area contributed by atoms with Gasteiger partial charge >= 0.3 is 0 Å². The van der Waals surface area contributed by atoms with Crippen LogP contribution >= 0.6 is 11.8 Å². The molecule has 1 fully saturated rings. The molecule has 1 saturated heterocycles. The molecule has 4 rings (SSSR count). The zero-order valence-corrected chi connectivity index (χ0v) is 16.2. The third-order valence-corrected chi connectivity index (χ3v) is 5.46. The summed E-state index contributed by atoms with van der Waals surface area (Å²) < 4.78 is 6.96. The van der Waals surface area contributed by atoms with Gasteiger partial charge in [0.05, 0.1) is 24.7 Å². The van der Waals surface area contributed by atoms with Gasteiger partial charge in [0.1, 0.15) is 0 Å². The first-order valence-corrected chi connectivity index (χ1v) is 10.00. The zero-order valence-electron chi connectivity index (χ0n) is 15.4. The molecule has 0 aliphatic carbocycles. The first kappa shape index (κ1) is 19.2. The molecule has 29 heavy (non-hydrogen) atoms. The second-order valence-electron chi connectivity index (χ2n) is 6.40. The van der Waals surface area contributed by atoms with Crippen molar-refractivity contribution in [2.75, 3.05) is 37.0 Å². The summed E-state index contributed by atoms with van der Waals surface area (Å²) in [7, 11) is 0. The van der Waals surface area contributed by atoms with Crippen LogP contribution in [0.25, 0.3) is 5.69 Å². The number of tetrazole rings is 1. The number of phenols is 2. The van der Waals surface area contributed by atoms with Gasteiger partial charge in [-0.25, -0.2) is 0 Å². The van der Waals surface area contributed by atoms with E-state index in [9.17, 15) is 15.0 Å². The third-order valence-electron chi connectivity index (χ3n) is 4.54. The molecule has 0 saturated carbocycles. The summed E-state index contributed by atoms with van der Waals surface area (Å²) in [5.41, 5.74) is 2.22. The maximum atomic E-state index is 12.4. The molecule has 0 amide bonds. The van der Waals surface area contributed by atoms with Gasteiger partial charge in [-0.05, 0) is 52.9 Å². The summed E-state index contributed by atoms with van der Waals surface area (Å²) in [6.07, 6.45) is 0. The van der Waals surface area contributed by atoms with Gasteiger partial charge in [-0.3, -0.25) is 4.79 Å². The van der Waals surface area contributed by atoms with Gasteiger partial charge in [0.25, 0.3) is 0 Å². The molecule has 1 aromatic heterocycles. The summed E-state index contributed by atoms with van der Waals surface area (Å²) in [5, 5.41) is 31.1. The molecule has 2 N–H and O–H groups in total. The van der Waals surface area contributed by atoms with Gasteiger partial charge < -0.3 is 19.8 Å². The molecule has 0 spiro atoms. The van der Waals surface area contributed by atoms with E-state index in [1.54, 1.807) is 4.68 Å². The van der Waals surface area contributed by atoms with Crippen molar-refractivity contribution in [2.24, 2.45) is 0 Å². The van der Waals surface area contributed by atoms with Crippen molar-refractivity contribution >= 4 is 23.2 Å². The van der Waals surface area contributed by atoms with Crippen LogP contribution in [0.4, 0.5) is 5.69 Å². The Morgan fingerprint density at radius 3 is 2.48 bits per heavy atom. The Bertz CT molecular complexity index is 1000. The van der Waals surface area contributed by atoms with Gasteiger partial charge in [-0.1, -0.05) is 11.8 Å². The molecule has 10 heteroatoms. The topological polar surface area (TPSA) is 114 Å². The van der Waals surface area contributed by atoms with Crippen LogP contribution in [0, 0.1) is 0 Å². The van der Waals surface area contributed by atoms with Crippen molar-refractivity contribution in [1.29, 1.82) is 0 Å². The van der Waals surface area contributed by atoms with E-state index in [1.807, 2.05) is 24.3 Å². The van der Waals surface area contributed by atoms with E-state index >= 15 is 0 Å². The fourth-order valence-electron chi connectivity index (χ4n) is 2.97. The zero-order chi connectivity index (χ0) is 20.2. The monoisotopic (exact) mass is 413 g/mol. The lowest BCUT2D eigenvalue weighted by Crippen LogP contribution is -2.36. The number of rotatable bonds is 6. The lowest BCUT2D eigenvalue weighted by Gasteiger charge is -2.28. The van der Waals surface area contributed by atoms with E-state index in [0.717, 1.165) is 37.7 Å². The number of carbonyl (C=O) groups is 1. The number of Topliss-reactive ketones (excluding diaryl/α,β-unsaturated/α-hetero) is 1. The van der Waals surface area contributed by atoms with E-state index in [0.29, 0.717) is 10.7 Å². The Labute approximate surface area is 170 Å². The van der Waals surface area contributed by atoms with Crippen molar-refractivity contribution in [1.82, 2.24) is 20.2 Å². The number of hydrogen-bond acceptors (Lipinski definition) is 9. The van der Waals surface area contributed by atoms with E-state index in [-0.39, 0.29) is 23.0 Å². The number of morpholine rings is 1. The van der Waals surface area contributed by atoms with Crippen LogP contribution in [0.3, 0.4) is 0 Å². The van der Waals surface area contributed by atoms with Gasteiger partial charge in [0.2, 0.25) is 5.16 Å². The predicted octanol–water partition coefficient (Wildman–Crippen LogP) is 1.89. The lowest BCUT2D eigenvalue weighted by molar-refractivity contribution is 0.102. The summed E-state index contributed by atoms with van der Waals surface area (Å²) in [5.74, 6) is -0.705. The highest BCUT2D eigenvalue weighted by atomic mass is 32.2. The number of hydrogen-bond donors (Lipinski definition) is 2. The van der Waals surface area contributed by atoms with Crippen LogP contribution in [-0.4, -0.2) is 68.3 Å². The number of anilines is 1. The fourth-order valence-corrected chi connectivity index (χ4v) is 3.75. The molecule has 1 aliphatic rings. The highest BCUT2D eigenvalue weighted by molar-refractivity contribution is 7.99. The van der Waals surface area contributed by atoms with Gasteiger partial charge in [-0.15, -0.1) is 5.10 Å². The van der Waals surface area contributed by atoms with Crippen molar-refractivity contribution in [3.8, 4) is 17.2 Å². The normalized spacial score (nSPS) is 14.1. The van der Waals surface area contributed by atoms with Crippen LogP contribution in [0.15, 0.2) is 47.6 Å². The summed E-state index contributed by atoms with van der Waals surface area (Å²) >= 11 is 1.20. The first-order chi connectivity index (χ1) is 14.1. The number of nitrogens with zero attached hydrogens (tertiary/aromatic N) is 5. The summed E-state index contributed by atoms with van der Waals surface area (Å²) in [4.78, 5) is 14.6. The Hall–Kier alpha value is -3.11. The van der Waals surface area contributed by atoms with Crippen molar-refractivity contribution in [3.05, 3.63) is 48.0 Å². The number of carbonyl (C=O) groups excluding carboxylic acids is 1. The van der Waals surface area contributed by atoms with Crippen molar-refractivity contribution in [2.45, 2.75) is 5.16 Å². The SMILES string of the molecule is O=C(CSc1nnnn1-c1ccc(N2CCOCC2)cc1)c1ccc(O)c(O)c1. The van der Waals surface area contributed by atoms with Gasteiger partial charge in [0, 0.05) is 24.3 Å². The van der Waals surface area contributed by atoms with Gasteiger partial charge in [-0.2, -0.15) is 4.68 Å². The van der Waals surface area contributed by atoms with Crippen molar-refractivity contribution < 1.29 is 19.7 Å². The Morgan fingerprint density at radius 1 is 1.03 bits per heavy atom. The van der Waals surface area contributed by atoms with Crippen LogP contribution < -0.4 is 4.90 Å². The lowest BCUT2D eigenvalue weighted by atomic mass is 10.1. The van der Waals surface area contributed by atoms with Crippen molar-refractivity contribution in [3.63, 3.8) is 0 Å². The molecule has 150 valence electrons. The van der Waals surface area contributed by atoms with Crippen LogP contribution in [0.5, 0.6) is 11.5 Å². The Kier molecular flexibility index (Phi) is 5.63. The standard InChI is InChI=1S/C19H19N5O4S/c25-16-6-1-13(11-17(16)26)18(27)12-29-19-20-21-22-24(19)15-4-2-14(3-5-15)23-7-9-28-10-8-23/h1-6,11,25-26H,7-10,12H2. The number of thioether (sulfide) groups is 1. The maximum Gasteiger partial charge on any atom is 0.214 e. The number of aromatic hydroxyl groups is 2. The number of benzene rings is 2. The molecule has 0 atom stereocenters. The average Bonchev–Trinajstić information content (AvgIpc) is 3.23. The predicted molar refractivity (Wildman–Crippen MR) is 107 cm³/mol. The maximum absolute atomic E-state index is 12.4. The second kappa shape index (κ2) is 8.50.